The lowest BCUT2D eigenvalue weighted by atomic mass is 10.1. The number of aromatic hydroxyl groups is 2. The molecule has 6 heteroatoms. The number of nitrogens with two attached hydrogens (primary N) is 1. The summed E-state index contributed by atoms with van der Waals surface area (Å²) in [4.78, 5) is 21.1. The zero-order valence-electron chi connectivity index (χ0n) is 8.60. The Kier molecular flexibility index (Phi) is 3.57. The number of hydrogen-bond donors (Lipinski definition) is 4. The number of carboxylic acids is 1. The Labute approximate surface area is 96.3 Å². The Balaban J connectivity index is 3.15. The van der Waals surface area contributed by atoms with Crippen molar-refractivity contribution in [3.8, 4) is 23.3 Å². The van der Waals surface area contributed by atoms with Gasteiger partial charge in [-0.15, -0.1) is 0 Å². The van der Waals surface area contributed by atoms with Crippen LogP contribution in [0.25, 0.3) is 0 Å². The summed E-state index contributed by atoms with van der Waals surface area (Å²) in [6.07, 6.45) is -0.206. The molecule has 0 aliphatic rings. The van der Waals surface area contributed by atoms with E-state index in [2.05, 4.69) is 11.8 Å². The van der Waals surface area contributed by atoms with Gasteiger partial charge in [0.2, 0.25) is 5.91 Å². The van der Waals surface area contributed by atoms with E-state index in [1.807, 2.05) is 0 Å². The average molecular weight is 235 g/mol. The van der Waals surface area contributed by atoms with Crippen molar-refractivity contribution in [1.29, 1.82) is 0 Å². The van der Waals surface area contributed by atoms with Crippen molar-refractivity contribution in [2.45, 2.75) is 6.42 Å². The fraction of sp³-hybridized carbons (Fsp3) is 0.0909. The zero-order chi connectivity index (χ0) is 13.0. The van der Waals surface area contributed by atoms with Gasteiger partial charge in [0.25, 0.3) is 0 Å². The summed E-state index contributed by atoms with van der Waals surface area (Å²) in [7, 11) is 0. The van der Waals surface area contributed by atoms with E-state index in [4.69, 9.17) is 10.8 Å². The van der Waals surface area contributed by atoms with Gasteiger partial charge in [-0.2, -0.15) is 0 Å². The fourth-order valence-electron chi connectivity index (χ4n) is 1.08. The van der Waals surface area contributed by atoms with Crippen LogP contribution >= 0.6 is 0 Å². The lowest BCUT2D eigenvalue weighted by molar-refractivity contribution is -0.117. The number of primary amides is 1. The van der Waals surface area contributed by atoms with Crippen LogP contribution in [0.15, 0.2) is 12.1 Å². The second-order valence-corrected chi connectivity index (χ2v) is 3.14. The molecule has 1 aromatic carbocycles. The minimum Gasteiger partial charge on any atom is -0.507 e. The van der Waals surface area contributed by atoms with Crippen LogP contribution in [0.1, 0.15) is 22.3 Å². The van der Waals surface area contributed by atoms with Crippen molar-refractivity contribution in [2.24, 2.45) is 5.73 Å². The Morgan fingerprint density at radius 1 is 1.24 bits per heavy atom. The number of phenolic OH excluding ortho intramolecular Hbond substituents is 1. The molecule has 0 fully saturated rings. The standard InChI is InChI=1S/C11H9NO5/c12-10(15)3-1-2-6-4-7(11(16)17)9(14)5-8(6)13/h4-5,13-14H,3H2,(H2,12,15)(H,16,17). The van der Waals surface area contributed by atoms with Gasteiger partial charge in [0, 0.05) is 6.07 Å². The van der Waals surface area contributed by atoms with Gasteiger partial charge in [-0.05, 0) is 6.07 Å². The number of carbonyl (C=O) groups is 2. The lowest BCUT2D eigenvalue weighted by Gasteiger charge is -2.02. The fourth-order valence-corrected chi connectivity index (χ4v) is 1.08. The number of phenols is 2. The maximum Gasteiger partial charge on any atom is 0.339 e. The Morgan fingerprint density at radius 3 is 2.41 bits per heavy atom. The summed E-state index contributed by atoms with van der Waals surface area (Å²) in [5, 5.41) is 27.4. The number of hydrogen-bond acceptors (Lipinski definition) is 4. The van der Waals surface area contributed by atoms with E-state index in [1.54, 1.807) is 0 Å². The van der Waals surface area contributed by atoms with Crippen molar-refractivity contribution in [2.75, 3.05) is 0 Å². The first-order valence-corrected chi connectivity index (χ1v) is 4.48. The molecule has 0 saturated heterocycles. The molecule has 88 valence electrons. The van der Waals surface area contributed by atoms with Gasteiger partial charge in [0.05, 0.1) is 12.0 Å². The highest BCUT2D eigenvalue weighted by atomic mass is 16.4. The number of rotatable bonds is 2. The van der Waals surface area contributed by atoms with Crippen LogP contribution in [0.2, 0.25) is 0 Å². The molecular formula is C11H9NO5. The molecule has 0 spiro atoms. The van der Waals surface area contributed by atoms with Crippen LogP contribution in [-0.4, -0.2) is 27.2 Å². The molecule has 6 nitrogen and oxygen atoms in total. The highest BCUT2D eigenvalue weighted by Crippen LogP contribution is 2.26. The maximum absolute atomic E-state index is 10.7. The van der Waals surface area contributed by atoms with Gasteiger partial charge in [0.15, 0.2) is 0 Å². The summed E-state index contributed by atoms with van der Waals surface area (Å²) in [6, 6.07) is 1.89. The minimum atomic E-state index is -1.35. The molecule has 17 heavy (non-hydrogen) atoms. The Bertz CT molecular complexity index is 539. The third kappa shape index (κ3) is 3.14. The third-order valence-corrected chi connectivity index (χ3v) is 1.83. The van der Waals surface area contributed by atoms with Gasteiger partial charge in [-0.3, -0.25) is 4.79 Å². The van der Waals surface area contributed by atoms with Crippen LogP contribution in [-0.2, 0) is 4.79 Å². The van der Waals surface area contributed by atoms with Crippen LogP contribution in [0, 0.1) is 11.8 Å². The lowest BCUT2D eigenvalue weighted by Crippen LogP contribution is -2.08. The zero-order valence-corrected chi connectivity index (χ0v) is 8.60. The van der Waals surface area contributed by atoms with E-state index in [0.29, 0.717) is 0 Å². The van der Waals surface area contributed by atoms with Crippen molar-refractivity contribution >= 4 is 11.9 Å². The largest absolute Gasteiger partial charge is 0.507 e. The van der Waals surface area contributed by atoms with Crippen LogP contribution in [0.5, 0.6) is 11.5 Å². The number of aromatic carboxylic acids is 1. The van der Waals surface area contributed by atoms with Crippen LogP contribution in [0.4, 0.5) is 0 Å². The molecule has 5 N–H and O–H groups in total. The smallest absolute Gasteiger partial charge is 0.339 e. The topological polar surface area (TPSA) is 121 Å². The van der Waals surface area contributed by atoms with Crippen molar-refractivity contribution in [3.05, 3.63) is 23.3 Å². The first-order valence-electron chi connectivity index (χ1n) is 4.48. The van der Waals surface area contributed by atoms with Gasteiger partial charge in [-0.1, -0.05) is 11.8 Å². The van der Waals surface area contributed by atoms with E-state index in [9.17, 15) is 19.8 Å². The first kappa shape index (κ1) is 12.4. The van der Waals surface area contributed by atoms with Gasteiger partial charge >= 0.3 is 5.97 Å². The molecule has 0 unspecified atom stereocenters. The van der Waals surface area contributed by atoms with E-state index in [0.717, 1.165) is 12.1 Å². The summed E-state index contributed by atoms with van der Waals surface area (Å²) < 4.78 is 0. The Morgan fingerprint density at radius 2 is 1.88 bits per heavy atom. The van der Waals surface area contributed by atoms with Gasteiger partial charge < -0.3 is 21.1 Å². The van der Waals surface area contributed by atoms with Gasteiger partial charge in [0.1, 0.15) is 17.1 Å². The third-order valence-electron chi connectivity index (χ3n) is 1.83. The molecule has 0 saturated carbocycles. The first-order chi connectivity index (χ1) is 7.91. The summed E-state index contributed by atoms with van der Waals surface area (Å²) in [6.45, 7) is 0. The average Bonchev–Trinajstić information content (AvgIpc) is 2.20. The molecule has 0 aliphatic carbocycles. The van der Waals surface area contributed by atoms with E-state index < -0.39 is 17.6 Å². The molecule has 0 aliphatic heterocycles. The summed E-state index contributed by atoms with van der Waals surface area (Å²) in [5.41, 5.74) is 4.48. The molecule has 0 atom stereocenters. The number of benzene rings is 1. The van der Waals surface area contributed by atoms with E-state index >= 15 is 0 Å². The highest BCUT2D eigenvalue weighted by molar-refractivity contribution is 5.91. The quantitative estimate of drug-likeness (QED) is 0.538. The molecule has 1 rings (SSSR count). The maximum atomic E-state index is 10.7. The predicted molar refractivity (Wildman–Crippen MR) is 57.4 cm³/mol. The van der Waals surface area contributed by atoms with E-state index in [-0.39, 0.29) is 23.3 Å². The number of amides is 1. The summed E-state index contributed by atoms with van der Waals surface area (Å²) >= 11 is 0. The number of carboxylic acid groups (broad SMARTS) is 1. The van der Waals surface area contributed by atoms with Crippen LogP contribution in [0.3, 0.4) is 0 Å². The van der Waals surface area contributed by atoms with Gasteiger partial charge in [-0.25, -0.2) is 4.79 Å². The second kappa shape index (κ2) is 4.90. The molecule has 0 heterocycles. The SMILES string of the molecule is NC(=O)CC#Cc1cc(C(=O)O)c(O)cc1O. The monoisotopic (exact) mass is 235 g/mol. The molecule has 1 amide bonds. The molecule has 0 radical (unpaired) electrons. The molecule has 1 aromatic rings. The Hall–Kier alpha value is -2.68. The summed E-state index contributed by atoms with van der Waals surface area (Å²) in [5.74, 6) is 1.85. The predicted octanol–water partition coefficient (Wildman–Crippen LogP) is 0.0229. The molecule has 0 bridgehead atoms. The molecular weight excluding hydrogens is 226 g/mol. The van der Waals surface area contributed by atoms with Crippen LogP contribution < -0.4 is 5.73 Å². The molecule has 0 aromatic heterocycles. The van der Waals surface area contributed by atoms with E-state index in [1.165, 1.54) is 0 Å². The number of carbonyl (C=O) groups excluding carboxylic acids is 1. The van der Waals surface area contributed by atoms with Crippen molar-refractivity contribution in [1.82, 2.24) is 0 Å². The normalized spacial score (nSPS) is 9.18. The van der Waals surface area contributed by atoms with Crippen molar-refractivity contribution < 1.29 is 24.9 Å². The highest BCUT2D eigenvalue weighted by Gasteiger charge is 2.12. The van der Waals surface area contributed by atoms with Crippen molar-refractivity contribution in [3.63, 3.8) is 0 Å². The minimum absolute atomic E-state index is 0.00134. The second-order valence-electron chi connectivity index (χ2n) is 3.14.